The molecular formula is C16H20ClN3O. The van der Waals surface area contributed by atoms with Crippen molar-refractivity contribution in [3.8, 4) is 11.8 Å². The van der Waals surface area contributed by atoms with Gasteiger partial charge in [0.2, 0.25) is 0 Å². The number of carbonyl (C=O) groups is 1. The summed E-state index contributed by atoms with van der Waals surface area (Å²) >= 11 is 0. The molecule has 3 rings (SSSR count). The second kappa shape index (κ2) is 7.35. The maximum absolute atomic E-state index is 11.3. The van der Waals surface area contributed by atoms with E-state index in [2.05, 4.69) is 27.8 Å². The van der Waals surface area contributed by atoms with Crippen molar-refractivity contribution in [2.24, 2.45) is 0 Å². The molecule has 112 valence electrons. The summed E-state index contributed by atoms with van der Waals surface area (Å²) in [6, 6.07) is 11.0. The molecule has 1 aliphatic heterocycles. The summed E-state index contributed by atoms with van der Waals surface area (Å²) < 4.78 is 0. The Bertz CT molecular complexity index is 537. The summed E-state index contributed by atoms with van der Waals surface area (Å²) in [4.78, 5) is 11.3. The molecule has 0 radical (unpaired) electrons. The molecule has 3 unspecified atom stereocenters. The number of rotatable bonds is 2. The summed E-state index contributed by atoms with van der Waals surface area (Å²) in [5.74, 6) is 6.30. The lowest BCUT2D eigenvalue weighted by atomic mass is 9.88. The number of amides is 2. The van der Waals surface area contributed by atoms with Crippen molar-refractivity contribution in [2.75, 3.05) is 6.54 Å². The van der Waals surface area contributed by atoms with E-state index in [0.29, 0.717) is 18.6 Å². The lowest BCUT2D eigenvalue weighted by molar-refractivity contribution is 0.247. The SMILES string of the molecule is Cl.O=C1NC2CCC(NCC#Cc3ccccc3)CC2N1. The summed E-state index contributed by atoms with van der Waals surface area (Å²) in [6.07, 6.45) is 3.11. The van der Waals surface area contributed by atoms with Gasteiger partial charge >= 0.3 is 6.03 Å². The van der Waals surface area contributed by atoms with Gasteiger partial charge in [-0.2, -0.15) is 0 Å². The van der Waals surface area contributed by atoms with Crippen LogP contribution >= 0.6 is 12.4 Å². The highest BCUT2D eigenvalue weighted by Gasteiger charge is 2.36. The predicted molar refractivity (Wildman–Crippen MR) is 85.5 cm³/mol. The third-order valence-electron chi connectivity index (χ3n) is 3.97. The number of hydrogen-bond donors (Lipinski definition) is 3. The molecule has 0 spiro atoms. The van der Waals surface area contributed by atoms with Gasteiger partial charge in [0.1, 0.15) is 0 Å². The molecule has 2 aliphatic rings. The Balaban J connectivity index is 0.00000161. The van der Waals surface area contributed by atoms with Gasteiger partial charge in [-0.05, 0) is 31.4 Å². The van der Waals surface area contributed by atoms with Gasteiger partial charge in [-0.1, -0.05) is 30.0 Å². The van der Waals surface area contributed by atoms with Crippen molar-refractivity contribution in [2.45, 2.75) is 37.4 Å². The Kier molecular flexibility index (Phi) is 5.49. The minimum Gasteiger partial charge on any atom is -0.333 e. The standard InChI is InChI=1S/C16H19N3O.ClH/c20-16-18-14-9-8-13(11-15(14)19-16)17-10-4-7-12-5-2-1-3-6-12;/h1-3,5-6,13-15,17H,8-11H2,(H2,18,19,20);1H. The topological polar surface area (TPSA) is 53.2 Å². The number of fused-ring (bicyclic) bond motifs is 1. The first-order valence-corrected chi connectivity index (χ1v) is 7.15. The van der Waals surface area contributed by atoms with Crippen molar-refractivity contribution in [3.05, 3.63) is 35.9 Å². The maximum Gasteiger partial charge on any atom is 0.315 e. The third-order valence-corrected chi connectivity index (χ3v) is 3.97. The highest BCUT2D eigenvalue weighted by atomic mass is 35.5. The van der Waals surface area contributed by atoms with Crippen molar-refractivity contribution in [1.29, 1.82) is 0 Å². The van der Waals surface area contributed by atoms with E-state index in [1.54, 1.807) is 0 Å². The minimum atomic E-state index is -0.0236. The van der Waals surface area contributed by atoms with E-state index in [4.69, 9.17) is 0 Å². The molecule has 1 saturated carbocycles. The van der Waals surface area contributed by atoms with Gasteiger partial charge in [0.15, 0.2) is 0 Å². The van der Waals surface area contributed by atoms with Crippen LogP contribution in [0.1, 0.15) is 24.8 Å². The van der Waals surface area contributed by atoms with Gasteiger partial charge in [-0.15, -0.1) is 12.4 Å². The second-order valence-electron chi connectivity index (χ2n) is 5.39. The van der Waals surface area contributed by atoms with Gasteiger partial charge in [-0.3, -0.25) is 0 Å². The van der Waals surface area contributed by atoms with Crippen LogP contribution in [-0.2, 0) is 0 Å². The van der Waals surface area contributed by atoms with Crippen molar-refractivity contribution >= 4 is 18.4 Å². The molecule has 0 aromatic heterocycles. The molecule has 2 fully saturated rings. The normalized spacial score (nSPS) is 26.5. The molecule has 21 heavy (non-hydrogen) atoms. The first-order chi connectivity index (χ1) is 9.81. The van der Waals surface area contributed by atoms with E-state index in [1.165, 1.54) is 0 Å². The first-order valence-electron chi connectivity index (χ1n) is 7.15. The number of carbonyl (C=O) groups excluding carboxylic acids is 1. The summed E-state index contributed by atoms with van der Waals surface area (Å²) in [7, 11) is 0. The van der Waals surface area contributed by atoms with Crippen LogP contribution in [0.2, 0.25) is 0 Å². The van der Waals surface area contributed by atoms with Crippen LogP contribution in [0.3, 0.4) is 0 Å². The molecular weight excluding hydrogens is 286 g/mol. The Morgan fingerprint density at radius 3 is 2.71 bits per heavy atom. The highest BCUT2D eigenvalue weighted by Crippen LogP contribution is 2.22. The van der Waals surface area contributed by atoms with Gasteiger partial charge in [0.05, 0.1) is 18.6 Å². The molecule has 1 aliphatic carbocycles. The molecule has 2 amide bonds. The molecule has 3 atom stereocenters. The number of nitrogens with one attached hydrogen (secondary N) is 3. The van der Waals surface area contributed by atoms with Gasteiger partial charge < -0.3 is 16.0 Å². The first kappa shape index (κ1) is 15.7. The predicted octanol–water partition coefficient (Wildman–Crippen LogP) is 1.65. The molecule has 5 heteroatoms. The third kappa shape index (κ3) is 4.13. The number of halogens is 1. The van der Waals surface area contributed by atoms with E-state index in [-0.39, 0.29) is 24.5 Å². The van der Waals surface area contributed by atoms with Crippen molar-refractivity contribution in [1.82, 2.24) is 16.0 Å². The molecule has 0 bridgehead atoms. The zero-order valence-electron chi connectivity index (χ0n) is 11.8. The number of hydrogen-bond acceptors (Lipinski definition) is 2. The smallest absolute Gasteiger partial charge is 0.315 e. The molecule has 1 aromatic carbocycles. The van der Waals surface area contributed by atoms with Gasteiger partial charge in [0.25, 0.3) is 0 Å². The van der Waals surface area contributed by atoms with E-state index >= 15 is 0 Å². The van der Waals surface area contributed by atoms with E-state index in [0.717, 1.165) is 24.8 Å². The van der Waals surface area contributed by atoms with Gasteiger partial charge in [-0.25, -0.2) is 4.79 Å². The Hall–Kier alpha value is -1.70. The Morgan fingerprint density at radius 2 is 1.90 bits per heavy atom. The lowest BCUT2D eigenvalue weighted by Gasteiger charge is -2.30. The second-order valence-corrected chi connectivity index (χ2v) is 5.39. The number of benzene rings is 1. The van der Waals surface area contributed by atoms with E-state index in [9.17, 15) is 4.79 Å². The van der Waals surface area contributed by atoms with Crippen LogP contribution in [0.25, 0.3) is 0 Å². The fraction of sp³-hybridized carbons (Fsp3) is 0.438. The Labute approximate surface area is 131 Å². The summed E-state index contributed by atoms with van der Waals surface area (Å²) in [5.41, 5.74) is 1.05. The van der Waals surface area contributed by atoms with Crippen LogP contribution in [-0.4, -0.2) is 30.7 Å². The molecule has 1 heterocycles. The van der Waals surface area contributed by atoms with Crippen LogP contribution in [0, 0.1) is 11.8 Å². The van der Waals surface area contributed by atoms with Crippen LogP contribution in [0.5, 0.6) is 0 Å². The molecule has 4 nitrogen and oxygen atoms in total. The quantitative estimate of drug-likeness (QED) is 0.728. The molecule has 1 aromatic rings. The highest BCUT2D eigenvalue weighted by molar-refractivity contribution is 5.85. The lowest BCUT2D eigenvalue weighted by Crippen LogP contribution is -2.46. The van der Waals surface area contributed by atoms with Crippen LogP contribution < -0.4 is 16.0 Å². The number of urea groups is 1. The monoisotopic (exact) mass is 305 g/mol. The Morgan fingerprint density at radius 1 is 1.14 bits per heavy atom. The van der Waals surface area contributed by atoms with Crippen molar-refractivity contribution in [3.63, 3.8) is 0 Å². The maximum atomic E-state index is 11.3. The fourth-order valence-electron chi connectivity index (χ4n) is 2.93. The molecule has 1 saturated heterocycles. The largest absolute Gasteiger partial charge is 0.333 e. The zero-order valence-corrected chi connectivity index (χ0v) is 12.6. The van der Waals surface area contributed by atoms with Crippen LogP contribution in [0.15, 0.2) is 30.3 Å². The minimum absolute atomic E-state index is 0. The molecule has 3 N–H and O–H groups in total. The summed E-state index contributed by atoms with van der Waals surface area (Å²) in [6.45, 7) is 0.693. The zero-order chi connectivity index (χ0) is 13.8. The van der Waals surface area contributed by atoms with E-state index in [1.807, 2.05) is 30.3 Å². The average molecular weight is 306 g/mol. The van der Waals surface area contributed by atoms with E-state index < -0.39 is 0 Å². The van der Waals surface area contributed by atoms with Crippen molar-refractivity contribution < 1.29 is 4.79 Å². The van der Waals surface area contributed by atoms with Gasteiger partial charge in [0, 0.05) is 11.6 Å². The average Bonchev–Trinajstić information content (AvgIpc) is 2.84. The fourth-order valence-corrected chi connectivity index (χ4v) is 2.93. The van der Waals surface area contributed by atoms with Crippen LogP contribution in [0.4, 0.5) is 4.79 Å². The summed E-state index contributed by atoms with van der Waals surface area (Å²) in [5, 5.41) is 9.40.